The molecule has 2 aromatic carbocycles. The Kier molecular flexibility index (Phi) is 4.94. The van der Waals surface area contributed by atoms with Gasteiger partial charge in [-0.25, -0.2) is 4.98 Å². The molecule has 0 aliphatic heterocycles. The molecule has 0 aliphatic rings. The summed E-state index contributed by atoms with van der Waals surface area (Å²) in [4.78, 5) is 4.71. The fraction of sp³-hybridized carbons (Fsp3) is 0.235. The highest BCUT2D eigenvalue weighted by Crippen LogP contribution is 2.26. The highest BCUT2D eigenvalue weighted by Gasteiger charge is 2.14. The third kappa shape index (κ3) is 3.65. The van der Waals surface area contributed by atoms with E-state index in [1.54, 1.807) is 11.3 Å². The molecule has 0 radical (unpaired) electrons. The Balaban J connectivity index is 1.76. The molecule has 1 nitrogen and oxygen atoms in total. The predicted octanol–water partition coefficient (Wildman–Crippen LogP) is 5.70. The van der Waals surface area contributed by atoms with Gasteiger partial charge in [-0.15, -0.1) is 22.9 Å². The van der Waals surface area contributed by atoms with Crippen molar-refractivity contribution in [2.45, 2.75) is 12.8 Å². The maximum atomic E-state index is 6.18. The van der Waals surface area contributed by atoms with Crippen molar-refractivity contribution < 1.29 is 0 Å². The maximum Gasteiger partial charge on any atom is 0.0941 e. The summed E-state index contributed by atoms with van der Waals surface area (Å²) in [7, 11) is 0. The quantitative estimate of drug-likeness (QED) is 0.517. The van der Waals surface area contributed by atoms with Gasteiger partial charge in [0.1, 0.15) is 0 Å². The van der Waals surface area contributed by atoms with Gasteiger partial charge in [-0.1, -0.05) is 46.3 Å². The van der Waals surface area contributed by atoms with E-state index in [1.807, 2.05) is 12.1 Å². The number of thiazole rings is 1. The van der Waals surface area contributed by atoms with Crippen molar-refractivity contribution in [1.82, 2.24) is 4.98 Å². The van der Waals surface area contributed by atoms with Crippen LogP contribution in [0.5, 0.6) is 0 Å². The first kappa shape index (κ1) is 15.0. The molecule has 0 spiro atoms. The van der Waals surface area contributed by atoms with E-state index >= 15 is 0 Å². The van der Waals surface area contributed by atoms with Crippen LogP contribution in [-0.4, -0.2) is 10.9 Å². The van der Waals surface area contributed by atoms with Gasteiger partial charge in [0.15, 0.2) is 0 Å². The largest absolute Gasteiger partial charge is 0.241 e. The average Bonchev–Trinajstić information content (AvgIpc) is 2.91. The van der Waals surface area contributed by atoms with Gasteiger partial charge in [0.05, 0.1) is 15.2 Å². The summed E-state index contributed by atoms with van der Waals surface area (Å²) in [5.41, 5.74) is 2.40. The first-order valence-corrected chi connectivity index (χ1v) is 9.04. The van der Waals surface area contributed by atoms with Gasteiger partial charge in [0.25, 0.3) is 0 Å². The number of hydrogen-bond donors (Lipinski definition) is 0. The number of fused-ring (bicyclic) bond motifs is 1. The van der Waals surface area contributed by atoms with E-state index in [9.17, 15) is 0 Å². The predicted molar refractivity (Wildman–Crippen MR) is 95.4 cm³/mol. The van der Waals surface area contributed by atoms with Crippen molar-refractivity contribution in [3.8, 4) is 0 Å². The number of hydrogen-bond acceptors (Lipinski definition) is 2. The smallest absolute Gasteiger partial charge is 0.0941 e. The van der Waals surface area contributed by atoms with Crippen molar-refractivity contribution in [1.29, 1.82) is 0 Å². The lowest BCUT2D eigenvalue weighted by atomic mass is 9.98. The third-order valence-corrected chi connectivity index (χ3v) is 5.75. The zero-order valence-electron chi connectivity index (χ0n) is 11.4. The SMILES string of the molecule is ClCC(Cc1nc2ccccc2s1)Cc1ccccc1Br. The summed E-state index contributed by atoms with van der Waals surface area (Å²) in [5.74, 6) is 1.06. The monoisotopic (exact) mass is 379 g/mol. The Morgan fingerprint density at radius 2 is 1.81 bits per heavy atom. The number of alkyl halides is 1. The average molecular weight is 381 g/mol. The molecule has 1 atom stereocenters. The van der Waals surface area contributed by atoms with Crippen molar-refractivity contribution in [3.05, 3.63) is 63.6 Å². The minimum atomic E-state index is 0.408. The Bertz CT molecular complexity index is 707. The Labute approximate surface area is 142 Å². The highest BCUT2D eigenvalue weighted by atomic mass is 79.9. The summed E-state index contributed by atoms with van der Waals surface area (Å²) in [6.45, 7) is 0. The van der Waals surface area contributed by atoms with Crippen LogP contribution in [0.25, 0.3) is 10.2 Å². The van der Waals surface area contributed by atoms with Crippen molar-refractivity contribution in [2.75, 3.05) is 5.88 Å². The van der Waals surface area contributed by atoms with Gasteiger partial charge in [-0.3, -0.25) is 0 Å². The van der Waals surface area contributed by atoms with Crippen LogP contribution in [-0.2, 0) is 12.8 Å². The minimum absolute atomic E-state index is 0.408. The lowest BCUT2D eigenvalue weighted by Crippen LogP contribution is -2.10. The molecule has 21 heavy (non-hydrogen) atoms. The van der Waals surface area contributed by atoms with Gasteiger partial charge < -0.3 is 0 Å². The van der Waals surface area contributed by atoms with E-state index in [4.69, 9.17) is 16.6 Å². The Morgan fingerprint density at radius 1 is 1.05 bits per heavy atom. The van der Waals surface area contributed by atoms with E-state index in [1.165, 1.54) is 15.3 Å². The standard InChI is InChI=1S/C17H15BrClNS/c18-14-6-2-1-5-13(14)9-12(11-19)10-17-20-15-7-3-4-8-16(15)21-17/h1-8,12H,9-11H2. The van der Waals surface area contributed by atoms with Crippen LogP contribution in [0.1, 0.15) is 10.6 Å². The summed E-state index contributed by atoms with van der Waals surface area (Å²) < 4.78 is 2.41. The number of benzene rings is 2. The third-order valence-electron chi connectivity index (χ3n) is 3.49. The highest BCUT2D eigenvalue weighted by molar-refractivity contribution is 9.10. The van der Waals surface area contributed by atoms with Crippen LogP contribution >= 0.6 is 38.9 Å². The van der Waals surface area contributed by atoms with Crippen LogP contribution in [0.3, 0.4) is 0 Å². The van der Waals surface area contributed by atoms with E-state index in [0.29, 0.717) is 11.8 Å². The van der Waals surface area contributed by atoms with Crippen molar-refractivity contribution >= 4 is 49.1 Å². The number of nitrogens with zero attached hydrogens (tertiary/aromatic N) is 1. The molecule has 1 heterocycles. The first-order chi connectivity index (χ1) is 10.3. The van der Waals surface area contributed by atoms with Gasteiger partial charge in [0, 0.05) is 16.8 Å². The fourth-order valence-corrected chi connectivity index (χ4v) is 4.16. The first-order valence-electron chi connectivity index (χ1n) is 6.90. The second-order valence-corrected chi connectivity index (χ2v) is 7.37. The molecular formula is C17H15BrClNS. The molecule has 1 unspecified atom stereocenters. The van der Waals surface area contributed by atoms with E-state index in [0.717, 1.165) is 22.8 Å². The number of aromatic nitrogens is 1. The zero-order chi connectivity index (χ0) is 14.7. The lowest BCUT2D eigenvalue weighted by Gasteiger charge is -2.13. The number of rotatable bonds is 5. The molecule has 3 aromatic rings. The van der Waals surface area contributed by atoms with Crippen LogP contribution in [0.15, 0.2) is 53.0 Å². The van der Waals surface area contributed by atoms with Crippen molar-refractivity contribution in [3.63, 3.8) is 0 Å². The number of halogens is 2. The molecule has 0 saturated heterocycles. The summed E-state index contributed by atoms with van der Waals surface area (Å²) in [6.07, 6.45) is 1.91. The zero-order valence-corrected chi connectivity index (χ0v) is 14.6. The molecule has 3 rings (SSSR count). The van der Waals surface area contributed by atoms with Gasteiger partial charge in [-0.2, -0.15) is 0 Å². The van der Waals surface area contributed by atoms with Gasteiger partial charge in [-0.05, 0) is 36.1 Å². The summed E-state index contributed by atoms with van der Waals surface area (Å²) in [6, 6.07) is 16.6. The number of para-hydroxylation sites is 1. The molecule has 108 valence electrons. The van der Waals surface area contributed by atoms with Crippen molar-refractivity contribution in [2.24, 2.45) is 5.92 Å². The molecule has 0 bridgehead atoms. The second-order valence-electron chi connectivity index (χ2n) is 5.10. The maximum absolute atomic E-state index is 6.18. The van der Waals surface area contributed by atoms with E-state index in [2.05, 4.69) is 52.3 Å². The molecular weight excluding hydrogens is 366 g/mol. The van der Waals surface area contributed by atoms with E-state index < -0.39 is 0 Å². The molecule has 4 heteroatoms. The summed E-state index contributed by atoms with van der Waals surface area (Å²) in [5, 5.41) is 1.17. The molecule has 0 saturated carbocycles. The Hall–Kier alpha value is -0.900. The molecule has 0 fully saturated rings. The van der Waals surface area contributed by atoms with Crippen LogP contribution < -0.4 is 0 Å². The van der Waals surface area contributed by atoms with Crippen LogP contribution in [0.2, 0.25) is 0 Å². The normalized spacial score (nSPS) is 12.7. The molecule has 0 amide bonds. The second kappa shape index (κ2) is 6.91. The molecule has 1 aromatic heterocycles. The lowest BCUT2D eigenvalue weighted by molar-refractivity contribution is 0.581. The van der Waals surface area contributed by atoms with Crippen LogP contribution in [0, 0.1) is 5.92 Å². The van der Waals surface area contributed by atoms with Crippen LogP contribution in [0.4, 0.5) is 0 Å². The fourth-order valence-electron chi connectivity index (χ4n) is 2.41. The van der Waals surface area contributed by atoms with Gasteiger partial charge >= 0.3 is 0 Å². The van der Waals surface area contributed by atoms with E-state index in [-0.39, 0.29) is 0 Å². The Morgan fingerprint density at radius 3 is 2.57 bits per heavy atom. The minimum Gasteiger partial charge on any atom is -0.241 e. The summed E-state index contributed by atoms with van der Waals surface area (Å²) >= 11 is 11.6. The van der Waals surface area contributed by atoms with Gasteiger partial charge in [0.2, 0.25) is 0 Å². The molecule has 0 aliphatic carbocycles. The topological polar surface area (TPSA) is 12.9 Å². The molecule has 0 N–H and O–H groups in total.